The van der Waals surface area contributed by atoms with E-state index in [2.05, 4.69) is 26.1 Å². The van der Waals surface area contributed by atoms with Crippen molar-refractivity contribution in [1.29, 1.82) is 0 Å². The monoisotopic (exact) mass is 453 g/mol. The minimum absolute atomic E-state index is 0.132. The summed E-state index contributed by atoms with van der Waals surface area (Å²) in [6.07, 6.45) is 0. The molecule has 1 heterocycles. The van der Waals surface area contributed by atoms with Gasteiger partial charge >= 0.3 is 6.03 Å². The van der Waals surface area contributed by atoms with Crippen LogP contribution in [0.25, 0.3) is 10.6 Å². The summed E-state index contributed by atoms with van der Waals surface area (Å²) in [7, 11) is 1.61. The SMILES string of the molecule is COc1ccc(-c2nnc(NC(=O)C(NC(=O)Nc3c(C)cccc3C)C(C)C)s2)cc1. The maximum Gasteiger partial charge on any atom is 0.319 e. The van der Waals surface area contributed by atoms with Crippen molar-refractivity contribution in [2.45, 2.75) is 33.7 Å². The molecule has 32 heavy (non-hydrogen) atoms. The molecule has 168 valence electrons. The Morgan fingerprint density at radius 3 is 2.22 bits per heavy atom. The summed E-state index contributed by atoms with van der Waals surface area (Å²) in [4.78, 5) is 25.5. The number of anilines is 2. The maximum atomic E-state index is 12.9. The largest absolute Gasteiger partial charge is 0.497 e. The van der Waals surface area contributed by atoms with Gasteiger partial charge in [0.05, 0.1) is 7.11 Å². The number of hydrogen-bond donors (Lipinski definition) is 3. The first-order valence-corrected chi connectivity index (χ1v) is 11.0. The predicted molar refractivity (Wildman–Crippen MR) is 127 cm³/mol. The molecule has 0 spiro atoms. The average molecular weight is 454 g/mol. The van der Waals surface area contributed by atoms with Crippen LogP contribution in [0.5, 0.6) is 5.75 Å². The van der Waals surface area contributed by atoms with Crippen molar-refractivity contribution in [2.24, 2.45) is 5.92 Å². The second kappa shape index (κ2) is 10.2. The van der Waals surface area contributed by atoms with Crippen LogP contribution in [0, 0.1) is 19.8 Å². The summed E-state index contributed by atoms with van der Waals surface area (Å²) in [5.41, 5.74) is 3.51. The molecule has 0 radical (unpaired) electrons. The van der Waals surface area contributed by atoms with Gasteiger partial charge in [0.2, 0.25) is 11.0 Å². The molecule has 1 aromatic heterocycles. The smallest absolute Gasteiger partial charge is 0.319 e. The van der Waals surface area contributed by atoms with Crippen molar-refractivity contribution >= 4 is 34.1 Å². The zero-order valence-electron chi connectivity index (χ0n) is 18.7. The van der Waals surface area contributed by atoms with Gasteiger partial charge in [-0.25, -0.2) is 4.79 Å². The van der Waals surface area contributed by atoms with Gasteiger partial charge in [-0.2, -0.15) is 0 Å². The number of para-hydroxylation sites is 1. The van der Waals surface area contributed by atoms with Crippen LogP contribution in [0.1, 0.15) is 25.0 Å². The predicted octanol–water partition coefficient (Wildman–Crippen LogP) is 4.62. The van der Waals surface area contributed by atoms with Crippen LogP contribution in [-0.2, 0) is 4.79 Å². The molecule has 0 aliphatic carbocycles. The summed E-state index contributed by atoms with van der Waals surface area (Å²) in [6, 6.07) is 12.0. The van der Waals surface area contributed by atoms with E-state index >= 15 is 0 Å². The second-order valence-electron chi connectivity index (χ2n) is 7.72. The minimum Gasteiger partial charge on any atom is -0.497 e. The Kier molecular flexibility index (Phi) is 7.42. The van der Waals surface area contributed by atoms with Crippen molar-refractivity contribution in [3.63, 3.8) is 0 Å². The molecule has 1 unspecified atom stereocenters. The van der Waals surface area contributed by atoms with E-state index in [1.165, 1.54) is 11.3 Å². The molecule has 9 heteroatoms. The van der Waals surface area contributed by atoms with Gasteiger partial charge in [0.25, 0.3) is 0 Å². The molecule has 2 aromatic carbocycles. The number of benzene rings is 2. The summed E-state index contributed by atoms with van der Waals surface area (Å²) in [6.45, 7) is 7.58. The molecule has 0 saturated carbocycles. The van der Waals surface area contributed by atoms with E-state index < -0.39 is 12.1 Å². The lowest BCUT2D eigenvalue weighted by Gasteiger charge is -2.22. The third-order valence-corrected chi connectivity index (χ3v) is 5.84. The highest BCUT2D eigenvalue weighted by atomic mass is 32.1. The number of nitrogens with zero attached hydrogens (tertiary/aromatic N) is 2. The number of methoxy groups -OCH3 is 1. The van der Waals surface area contributed by atoms with Gasteiger partial charge < -0.3 is 15.4 Å². The lowest BCUT2D eigenvalue weighted by molar-refractivity contribution is -0.118. The topological polar surface area (TPSA) is 105 Å². The molecular weight excluding hydrogens is 426 g/mol. The first kappa shape index (κ1) is 23.2. The first-order valence-electron chi connectivity index (χ1n) is 10.2. The third kappa shape index (κ3) is 5.61. The summed E-state index contributed by atoms with van der Waals surface area (Å²) in [5.74, 6) is 0.263. The number of urea groups is 1. The van der Waals surface area contributed by atoms with Crippen LogP contribution in [0.2, 0.25) is 0 Å². The zero-order valence-corrected chi connectivity index (χ0v) is 19.5. The van der Waals surface area contributed by atoms with Gasteiger partial charge in [0, 0.05) is 11.3 Å². The molecule has 0 aliphatic rings. The summed E-state index contributed by atoms with van der Waals surface area (Å²) in [5, 5.41) is 17.6. The van der Waals surface area contributed by atoms with E-state index in [0.717, 1.165) is 28.1 Å². The number of carbonyl (C=O) groups is 2. The summed E-state index contributed by atoms with van der Waals surface area (Å²) < 4.78 is 5.16. The Morgan fingerprint density at radius 2 is 1.62 bits per heavy atom. The first-order chi connectivity index (χ1) is 15.3. The molecule has 1 atom stereocenters. The Bertz CT molecular complexity index is 1080. The fraction of sp³-hybridized carbons (Fsp3) is 0.304. The highest BCUT2D eigenvalue weighted by Gasteiger charge is 2.25. The van der Waals surface area contributed by atoms with Crippen molar-refractivity contribution < 1.29 is 14.3 Å². The number of nitrogens with one attached hydrogen (secondary N) is 3. The Morgan fingerprint density at radius 1 is 0.969 bits per heavy atom. The fourth-order valence-electron chi connectivity index (χ4n) is 3.14. The van der Waals surface area contributed by atoms with Crippen molar-refractivity contribution in [1.82, 2.24) is 15.5 Å². The van der Waals surface area contributed by atoms with E-state index in [-0.39, 0.29) is 11.8 Å². The molecule has 0 aliphatic heterocycles. The molecule has 3 amide bonds. The Balaban J connectivity index is 1.66. The number of carbonyl (C=O) groups excluding carboxylic acids is 2. The number of aryl methyl sites for hydroxylation is 2. The lowest BCUT2D eigenvalue weighted by atomic mass is 10.0. The number of aromatic nitrogens is 2. The van der Waals surface area contributed by atoms with E-state index in [1.54, 1.807) is 7.11 Å². The van der Waals surface area contributed by atoms with Crippen molar-refractivity contribution in [2.75, 3.05) is 17.7 Å². The molecule has 8 nitrogen and oxygen atoms in total. The van der Waals surface area contributed by atoms with Crippen LogP contribution in [-0.4, -0.2) is 35.3 Å². The molecule has 3 N–H and O–H groups in total. The van der Waals surface area contributed by atoms with Gasteiger partial charge in [-0.3, -0.25) is 10.1 Å². The van der Waals surface area contributed by atoms with Crippen LogP contribution in [0.4, 0.5) is 15.6 Å². The van der Waals surface area contributed by atoms with Gasteiger partial charge in [-0.1, -0.05) is 43.4 Å². The van der Waals surface area contributed by atoms with Crippen LogP contribution in [0.3, 0.4) is 0 Å². The van der Waals surface area contributed by atoms with Crippen molar-refractivity contribution in [3.05, 3.63) is 53.6 Å². The quantitative estimate of drug-likeness (QED) is 0.484. The molecule has 0 saturated heterocycles. The minimum atomic E-state index is -0.743. The van der Waals surface area contributed by atoms with E-state index in [4.69, 9.17) is 4.74 Å². The highest BCUT2D eigenvalue weighted by Crippen LogP contribution is 2.28. The second-order valence-corrected chi connectivity index (χ2v) is 8.69. The summed E-state index contributed by atoms with van der Waals surface area (Å²) >= 11 is 1.26. The lowest BCUT2D eigenvalue weighted by Crippen LogP contribution is -2.48. The normalized spacial score (nSPS) is 11.7. The molecular formula is C23H27N5O3S. The molecule has 3 rings (SSSR count). The van der Waals surface area contributed by atoms with Gasteiger partial charge in [0.15, 0.2) is 0 Å². The average Bonchev–Trinajstić information content (AvgIpc) is 3.23. The fourth-order valence-corrected chi connectivity index (χ4v) is 3.90. The third-order valence-electron chi connectivity index (χ3n) is 4.95. The van der Waals surface area contributed by atoms with Gasteiger partial charge in [-0.05, 0) is 55.2 Å². The van der Waals surface area contributed by atoms with Gasteiger partial charge in [-0.15, -0.1) is 10.2 Å². The number of ether oxygens (including phenoxy) is 1. The van der Waals surface area contributed by atoms with Crippen molar-refractivity contribution in [3.8, 4) is 16.3 Å². The van der Waals surface area contributed by atoms with Crippen LogP contribution >= 0.6 is 11.3 Å². The van der Waals surface area contributed by atoms with E-state index in [1.807, 2.05) is 70.2 Å². The van der Waals surface area contributed by atoms with Crippen LogP contribution in [0.15, 0.2) is 42.5 Å². The molecule has 0 fully saturated rings. The zero-order chi connectivity index (χ0) is 23.3. The molecule has 0 bridgehead atoms. The number of rotatable bonds is 7. The van der Waals surface area contributed by atoms with Crippen LogP contribution < -0.4 is 20.7 Å². The standard InChI is InChI=1S/C23H27N5O3S/c1-13(2)18(24-22(30)25-19-14(3)7-6-8-15(19)4)20(29)26-23-28-27-21(32-23)16-9-11-17(31-5)12-10-16/h6-13,18H,1-5H3,(H2,24,25,30)(H,26,28,29). The highest BCUT2D eigenvalue weighted by molar-refractivity contribution is 7.18. The maximum absolute atomic E-state index is 12.9. The Hall–Kier alpha value is -3.46. The van der Waals surface area contributed by atoms with E-state index in [9.17, 15) is 9.59 Å². The van der Waals surface area contributed by atoms with E-state index in [0.29, 0.717) is 10.1 Å². The Labute approximate surface area is 191 Å². The number of amides is 3. The van der Waals surface area contributed by atoms with Gasteiger partial charge in [0.1, 0.15) is 16.8 Å². The number of hydrogen-bond acceptors (Lipinski definition) is 6. The molecule has 3 aromatic rings.